The molecule has 1 fully saturated rings. The van der Waals surface area contributed by atoms with Crippen molar-refractivity contribution in [3.63, 3.8) is 0 Å². The summed E-state index contributed by atoms with van der Waals surface area (Å²) in [5.74, 6) is 0.496. The minimum Gasteiger partial charge on any atom is -0.211 e. The molecule has 1 rings (SSSR count). The van der Waals surface area contributed by atoms with Crippen LogP contribution in [0.3, 0.4) is 0 Å². The highest BCUT2D eigenvalue weighted by Crippen LogP contribution is 2.40. The van der Waals surface area contributed by atoms with Crippen LogP contribution in [0.4, 0.5) is 0 Å². The van der Waals surface area contributed by atoms with Gasteiger partial charge in [-0.2, -0.15) is 4.99 Å². The first-order valence-electron chi connectivity index (χ1n) is 10.0. The molecule has 0 amide bonds. The number of nitrogens with zero attached hydrogens (tertiary/aromatic N) is 2. The summed E-state index contributed by atoms with van der Waals surface area (Å²) < 4.78 is 0. The monoisotopic (exact) mass is 348 g/mol. The topological polar surface area (TPSA) is 58.9 Å². The molecule has 4 nitrogen and oxygen atoms in total. The van der Waals surface area contributed by atoms with Gasteiger partial charge in [0.1, 0.15) is 0 Å². The summed E-state index contributed by atoms with van der Waals surface area (Å²) in [6.45, 7) is 8.66. The van der Waals surface area contributed by atoms with Gasteiger partial charge in [-0.1, -0.05) is 59.3 Å². The zero-order valence-electron chi connectivity index (χ0n) is 16.6. The Kier molecular flexibility index (Phi) is 9.32. The van der Waals surface area contributed by atoms with Crippen LogP contribution in [0.1, 0.15) is 98.3 Å². The van der Waals surface area contributed by atoms with Gasteiger partial charge in [0.05, 0.1) is 11.6 Å². The van der Waals surface area contributed by atoms with Crippen molar-refractivity contribution < 1.29 is 9.59 Å². The minimum absolute atomic E-state index is 0.0379. The second-order valence-electron chi connectivity index (χ2n) is 8.89. The molecule has 0 aromatic rings. The van der Waals surface area contributed by atoms with E-state index < -0.39 is 0 Å². The molecule has 2 atom stereocenters. The molecular formula is C21H36N2O2. The van der Waals surface area contributed by atoms with E-state index >= 15 is 0 Å². The molecule has 0 bridgehead atoms. The number of aliphatic imine (C=N–C) groups is 2. The molecule has 0 aromatic heterocycles. The van der Waals surface area contributed by atoms with Crippen molar-refractivity contribution in [2.24, 2.45) is 21.3 Å². The molecule has 0 radical (unpaired) electrons. The Labute approximate surface area is 153 Å². The molecule has 1 aliphatic rings. The number of rotatable bonds is 11. The maximum atomic E-state index is 10.9. The van der Waals surface area contributed by atoms with Crippen LogP contribution in [0.25, 0.3) is 0 Å². The van der Waals surface area contributed by atoms with Crippen LogP contribution in [-0.4, -0.2) is 23.7 Å². The second-order valence-corrected chi connectivity index (χ2v) is 8.89. The van der Waals surface area contributed by atoms with Gasteiger partial charge in [-0.05, 0) is 50.4 Å². The van der Waals surface area contributed by atoms with Gasteiger partial charge in [0, 0.05) is 0 Å². The van der Waals surface area contributed by atoms with Gasteiger partial charge in [0.25, 0.3) is 0 Å². The summed E-state index contributed by atoms with van der Waals surface area (Å²) in [7, 11) is 0. The van der Waals surface area contributed by atoms with Gasteiger partial charge < -0.3 is 0 Å². The van der Waals surface area contributed by atoms with Crippen molar-refractivity contribution in [2.75, 3.05) is 0 Å². The van der Waals surface area contributed by atoms with Crippen molar-refractivity contribution in [1.82, 2.24) is 0 Å². The number of unbranched alkanes of at least 4 members (excludes halogenated alkanes) is 2. The Bertz CT molecular complexity index is 484. The molecule has 1 aliphatic carbocycles. The van der Waals surface area contributed by atoms with Crippen molar-refractivity contribution in [2.45, 2.75) is 110 Å². The van der Waals surface area contributed by atoms with Crippen LogP contribution >= 0.6 is 0 Å². The average Bonchev–Trinajstić information content (AvgIpc) is 2.55. The minimum atomic E-state index is -0.373. The van der Waals surface area contributed by atoms with Crippen molar-refractivity contribution in [1.29, 1.82) is 0 Å². The molecule has 0 aromatic carbocycles. The van der Waals surface area contributed by atoms with Crippen LogP contribution < -0.4 is 0 Å². The summed E-state index contributed by atoms with van der Waals surface area (Å²) >= 11 is 0. The molecule has 0 spiro atoms. The molecule has 0 heterocycles. The fourth-order valence-electron chi connectivity index (χ4n) is 4.62. The van der Waals surface area contributed by atoms with Crippen LogP contribution in [0, 0.1) is 11.3 Å². The highest BCUT2D eigenvalue weighted by Gasteiger charge is 2.36. The molecule has 142 valence electrons. The van der Waals surface area contributed by atoms with E-state index in [-0.39, 0.29) is 17.0 Å². The van der Waals surface area contributed by atoms with Gasteiger partial charge in [-0.3, -0.25) is 0 Å². The normalized spacial score (nSPS) is 19.4. The van der Waals surface area contributed by atoms with Crippen LogP contribution in [-0.2, 0) is 9.59 Å². The maximum Gasteiger partial charge on any atom is 0.235 e. The average molecular weight is 349 g/mol. The van der Waals surface area contributed by atoms with E-state index in [1.807, 2.05) is 0 Å². The van der Waals surface area contributed by atoms with Gasteiger partial charge in [-0.15, -0.1) is 0 Å². The van der Waals surface area contributed by atoms with Gasteiger partial charge in [-0.25, -0.2) is 14.6 Å². The maximum absolute atomic E-state index is 10.9. The summed E-state index contributed by atoms with van der Waals surface area (Å²) in [5.41, 5.74) is -0.411. The van der Waals surface area contributed by atoms with Crippen molar-refractivity contribution in [3.05, 3.63) is 0 Å². The number of hydrogen-bond acceptors (Lipinski definition) is 4. The smallest absolute Gasteiger partial charge is 0.211 e. The number of carbonyl (C=O) groups excluding carboxylic acids is 2. The second kappa shape index (κ2) is 10.7. The Hall–Kier alpha value is -1.24. The summed E-state index contributed by atoms with van der Waals surface area (Å²) in [5, 5.41) is 0. The van der Waals surface area contributed by atoms with Crippen molar-refractivity contribution in [3.8, 4) is 0 Å². The Morgan fingerprint density at radius 3 is 2.28 bits per heavy atom. The summed E-state index contributed by atoms with van der Waals surface area (Å²) in [6, 6.07) is 0.0490. The lowest BCUT2D eigenvalue weighted by Gasteiger charge is -2.37. The van der Waals surface area contributed by atoms with Crippen LogP contribution in [0.5, 0.6) is 0 Å². The quantitative estimate of drug-likeness (QED) is 0.271. The lowest BCUT2D eigenvalue weighted by molar-refractivity contribution is 0.176. The molecule has 25 heavy (non-hydrogen) atoms. The first-order valence-corrected chi connectivity index (χ1v) is 10.0. The first kappa shape index (κ1) is 21.8. The lowest BCUT2D eigenvalue weighted by Crippen LogP contribution is -2.34. The third-order valence-corrected chi connectivity index (χ3v) is 5.67. The largest absolute Gasteiger partial charge is 0.235 e. The Morgan fingerprint density at radius 2 is 1.72 bits per heavy atom. The van der Waals surface area contributed by atoms with Gasteiger partial charge in [0.2, 0.25) is 12.2 Å². The van der Waals surface area contributed by atoms with Gasteiger partial charge in [0.15, 0.2) is 0 Å². The SMILES string of the molecule is CCCCCC(C)(CC(C)(C)CC(N=C=O)C1CCCCC1)N=C=O. The predicted molar refractivity (Wildman–Crippen MR) is 102 cm³/mol. The van der Waals surface area contributed by atoms with Crippen LogP contribution in [0.15, 0.2) is 9.98 Å². The fourth-order valence-corrected chi connectivity index (χ4v) is 4.62. The fraction of sp³-hybridized carbons (Fsp3) is 0.905. The standard InChI is InChI=1S/C21H36N2O2/c1-5-6-10-13-21(4,23-17-25)15-20(2,3)14-19(22-16-24)18-11-8-7-9-12-18/h18-19H,5-15H2,1-4H3. The predicted octanol–water partition coefficient (Wildman–Crippen LogP) is 5.75. The number of hydrogen-bond donors (Lipinski definition) is 0. The summed E-state index contributed by atoms with van der Waals surface area (Å²) in [6.07, 6.45) is 15.6. The van der Waals surface area contributed by atoms with E-state index in [1.54, 1.807) is 12.2 Å². The lowest BCUT2D eigenvalue weighted by atomic mass is 9.70. The zero-order valence-corrected chi connectivity index (χ0v) is 16.6. The molecule has 2 unspecified atom stereocenters. The molecular weight excluding hydrogens is 312 g/mol. The van der Waals surface area contributed by atoms with Crippen molar-refractivity contribution >= 4 is 12.2 Å². The molecule has 0 aliphatic heterocycles. The number of isocyanates is 2. The van der Waals surface area contributed by atoms with E-state index in [9.17, 15) is 9.59 Å². The van der Waals surface area contributed by atoms with Crippen LogP contribution in [0.2, 0.25) is 0 Å². The highest BCUT2D eigenvalue weighted by molar-refractivity contribution is 5.35. The van der Waals surface area contributed by atoms with E-state index in [0.29, 0.717) is 5.92 Å². The Balaban J connectivity index is 2.80. The van der Waals surface area contributed by atoms with E-state index in [1.165, 1.54) is 19.3 Å². The summed E-state index contributed by atoms with van der Waals surface area (Å²) in [4.78, 5) is 30.2. The van der Waals surface area contributed by atoms with E-state index in [4.69, 9.17) is 0 Å². The molecule has 4 heteroatoms. The molecule has 0 N–H and O–H groups in total. The van der Waals surface area contributed by atoms with Gasteiger partial charge >= 0.3 is 0 Å². The third-order valence-electron chi connectivity index (χ3n) is 5.67. The Morgan fingerprint density at radius 1 is 1.04 bits per heavy atom. The highest BCUT2D eigenvalue weighted by atomic mass is 16.1. The molecule has 0 saturated heterocycles. The van der Waals surface area contributed by atoms with E-state index in [2.05, 4.69) is 37.7 Å². The first-order chi connectivity index (χ1) is 11.9. The third kappa shape index (κ3) is 8.12. The molecule has 1 saturated carbocycles. The van der Waals surface area contributed by atoms with E-state index in [0.717, 1.165) is 51.4 Å². The zero-order chi connectivity index (χ0) is 18.8.